The Labute approximate surface area is 83.0 Å². The lowest BCUT2D eigenvalue weighted by Crippen LogP contribution is -2.31. The van der Waals surface area contributed by atoms with Crippen LogP contribution < -0.4 is 11.3 Å². The number of hydrogen-bond donors (Lipinski definition) is 2. The van der Waals surface area contributed by atoms with Crippen molar-refractivity contribution in [2.24, 2.45) is 5.84 Å². The summed E-state index contributed by atoms with van der Waals surface area (Å²) in [5.41, 5.74) is 4.45. The summed E-state index contributed by atoms with van der Waals surface area (Å²) in [7, 11) is 1.60. The van der Waals surface area contributed by atoms with E-state index in [1.165, 1.54) is 12.1 Å². The summed E-state index contributed by atoms with van der Waals surface area (Å²) >= 11 is 0. The van der Waals surface area contributed by atoms with Crippen molar-refractivity contribution in [2.75, 3.05) is 13.7 Å². The molecule has 0 heterocycles. The van der Waals surface area contributed by atoms with Gasteiger partial charge in [-0.2, -0.15) is 0 Å². The topological polar surface area (TPSA) is 47.3 Å². The number of nitrogens with two attached hydrogens (primary N) is 1. The van der Waals surface area contributed by atoms with Crippen molar-refractivity contribution >= 4 is 0 Å². The van der Waals surface area contributed by atoms with Gasteiger partial charge >= 0.3 is 0 Å². The Morgan fingerprint density at radius 3 is 2.79 bits per heavy atom. The molecule has 0 fully saturated rings. The molecule has 0 aliphatic rings. The molecule has 1 rings (SSSR count). The van der Waals surface area contributed by atoms with E-state index in [4.69, 9.17) is 10.6 Å². The molecule has 14 heavy (non-hydrogen) atoms. The van der Waals surface area contributed by atoms with E-state index in [2.05, 4.69) is 5.43 Å². The van der Waals surface area contributed by atoms with Crippen LogP contribution in [-0.2, 0) is 4.74 Å². The largest absolute Gasteiger partial charge is 0.383 e. The van der Waals surface area contributed by atoms with Crippen LogP contribution in [0.2, 0.25) is 0 Å². The molecule has 0 aromatic heterocycles. The average Bonchev–Trinajstić information content (AvgIpc) is 2.15. The molecule has 1 unspecified atom stereocenters. The maximum atomic E-state index is 12.8. The SMILES string of the molecule is COCC(NN)c1ccc(F)cc1C. The number of rotatable bonds is 4. The van der Waals surface area contributed by atoms with Crippen LogP contribution in [0.5, 0.6) is 0 Å². The van der Waals surface area contributed by atoms with Crippen LogP contribution in [0.1, 0.15) is 17.2 Å². The fraction of sp³-hybridized carbons (Fsp3) is 0.400. The first-order valence-electron chi connectivity index (χ1n) is 4.40. The molecule has 0 bridgehead atoms. The van der Waals surface area contributed by atoms with Crippen LogP contribution in [0.3, 0.4) is 0 Å². The highest BCUT2D eigenvalue weighted by Gasteiger charge is 2.11. The Balaban J connectivity index is 2.92. The number of hydrogen-bond acceptors (Lipinski definition) is 3. The molecule has 1 aromatic rings. The van der Waals surface area contributed by atoms with Crippen molar-refractivity contribution in [1.29, 1.82) is 0 Å². The van der Waals surface area contributed by atoms with Crippen LogP contribution in [0.4, 0.5) is 4.39 Å². The maximum absolute atomic E-state index is 12.8. The lowest BCUT2D eigenvalue weighted by molar-refractivity contribution is 0.167. The summed E-state index contributed by atoms with van der Waals surface area (Å²) < 4.78 is 17.8. The molecule has 0 aliphatic heterocycles. The molecule has 0 aliphatic carbocycles. The predicted molar refractivity (Wildman–Crippen MR) is 53.1 cm³/mol. The van der Waals surface area contributed by atoms with E-state index in [1.54, 1.807) is 13.2 Å². The van der Waals surface area contributed by atoms with E-state index >= 15 is 0 Å². The second-order valence-corrected chi connectivity index (χ2v) is 3.18. The Morgan fingerprint density at radius 2 is 2.29 bits per heavy atom. The molecule has 0 spiro atoms. The minimum absolute atomic E-state index is 0.0967. The monoisotopic (exact) mass is 198 g/mol. The Kier molecular flexibility index (Phi) is 4.00. The third-order valence-corrected chi connectivity index (χ3v) is 2.14. The number of nitrogens with one attached hydrogen (secondary N) is 1. The molecule has 1 aromatic carbocycles. The maximum Gasteiger partial charge on any atom is 0.123 e. The van der Waals surface area contributed by atoms with E-state index in [9.17, 15) is 4.39 Å². The number of ether oxygens (including phenoxy) is 1. The molecule has 4 heteroatoms. The number of halogens is 1. The van der Waals surface area contributed by atoms with Crippen LogP contribution in [-0.4, -0.2) is 13.7 Å². The quantitative estimate of drug-likeness (QED) is 0.566. The lowest BCUT2D eigenvalue weighted by Gasteiger charge is -2.17. The van der Waals surface area contributed by atoms with Crippen molar-refractivity contribution in [3.05, 3.63) is 35.1 Å². The number of benzene rings is 1. The van der Waals surface area contributed by atoms with E-state index in [0.29, 0.717) is 6.61 Å². The predicted octanol–water partition coefficient (Wildman–Crippen LogP) is 1.28. The second kappa shape index (κ2) is 5.05. The van der Waals surface area contributed by atoms with Gasteiger partial charge in [-0.25, -0.2) is 4.39 Å². The normalized spacial score (nSPS) is 12.9. The molecule has 0 amide bonds. The van der Waals surface area contributed by atoms with Gasteiger partial charge in [0.25, 0.3) is 0 Å². The molecule has 1 atom stereocenters. The van der Waals surface area contributed by atoms with Gasteiger partial charge in [0.15, 0.2) is 0 Å². The van der Waals surface area contributed by atoms with Crippen molar-refractivity contribution in [1.82, 2.24) is 5.43 Å². The standard InChI is InChI=1S/C10H15FN2O/c1-7-5-8(11)3-4-9(7)10(13-12)6-14-2/h3-5,10,13H,6,12H2,1-2H3. The molecular formula is C10H15FN2O. The zero-order valence-electron chi connectivity index (χ0n) is 8.38. The molecule has 78 valence electrons. The van der Waals surface area contributed by atoms with Gasteiger partial charge in [-0.1, -0.05) is 6.07 Å². The highest BCUT2D eigenvalue weighted by molar-refractivity contribution is 5.29. The van der Waals surface area contributed by atoms with E-state index in [0.717, 1.165) is 11.1 Å². The molecule has 3 nitrogen and oxygen atoms in total. The van der Waals surface area contributed by atoms with Crippen molar-refractivity contribution in [3.8, 4) is 0 Å². The summed E-state index contributed by atoms with van der Waals surface area (Å²) in [4.78, 5) is 0. The van der Waals surface area contributed by atoms with E-state index in [1.807, 2.05) is 6.92 Å². The first-order chi connectivity index (χ1) is 6.69. The molecule has 0 saturated carbocycles. The van der Waals surface area contributed by atoms with Gasteiger partial charge in [0.2, 0.25) is 0 Å². The van der Waals surface area contributed by atoms with Crippen molar-refractivity contribution in [2.45, 2.75) is 13.0 Å². The van der Waals surface area contributed by atoms with Gasteiger partial charge < -0.3 is 4.74 Å². The highest BCUT2D eigenvalue weighted by atomic mass is 19.1. The van der Waals surface area contributed by atoms with Gasteiger partial charge in [0.05, 0.1) is 12.6 Å². The van der Waals surface area contributed by atoms with Crippen LogP contribution in [0.15, 0.2) is 18.2 Å². The summed E-state index contributed by atoms with van der Waals surface area (Å²) in [5.74, 6) is 5.14. The average molecular weight is 198 g/mol. The minimum atomic E-state index is -0.237. The number of aryl methyl sites for hydroxylation is 1. The van der Waals surface area contributed by atoms with Crippen molar-refractivity contribution < 1.29 is 9.13 Å². The van der Waals surface area contributed by atoms with E-state index < -0.39 is 0 Å². The van der Waals surface area contributed by atoms with Crippen LogP contribution >= 0.6 is 0 Å². The molecular weight excluding hydrogens is 183 g/mol. The van der Waals surface area contributed by atoms with Crippen molar-refractivity contribution in [3.63, 3.8) is 0 Å². The Hall–Kier alpha value is -0.970. The third-order valence-electron chi connectivity index (χ3n) is 2.14. The summed E-state index contributed by atoms with van der Waals surface area (Å²) in [5, 5.41) is 0. The third kappa shape index (κ3) is 2.51. The first kappa shape index (κ1) is 11.1. The number of hydrazine groups is 1. The van der Waals surface area contributed by atoms with Crippen LogP contribution in [0.25, 0.3) is 0 Å². The van der Waals surface area contributed by atoms with Crippen LogP contribution in [0, 0.1) is 12.7 Å². The van der Waals surface area contributed by atoms with E-state index in [-0.39, 0.29) is 11.9 Å². The zero-order valence-corrected chi connectivity index (χ0v) is 8.38. The summed E-state index contributed by atoms with van der Waals surface area (Å²) in [6.07, 6.45) is 0. The minimum Gasteiger partial charge on any atom is -0.383 e. The van der Waals surface area contributed by atoms with Gasteiger partial charge in [-0.15, -0.1) is 0 Å². The summed E-state index contributed by atoms with van der Waals surface area (Å²) in [6.45, 7) is 2.31. The lowest BCUT2D eigenvalue weighted by atomic mass is 10.0. The molecule has 0 saturated heterocycles. The fourth-order valence-corrected chi connectivity index (χ4v) is 1.42. The Morgan fingerprint density at radius 1 is 1.57 bits per heavy atom. The second-order valence-electron chi connectivity index (χ2n) is 3.18. The van der Waals surface area contributed by atoms with Gasteiger partial charge in [0, 0.05) is 7.11 Å². The van der Waals surface area contributed by atoms with Gasteiger partial charge in [0.1, 0.15) is 5.82 Å². The fourth-order valence-electron chi connectivity index (χ4n) is 1.42. The summed E-state index contributed by atoms with van der Waals surface area (Å²) in [6, 6.07) is 4.52. The number of methoxy groups -OCH3 is 1. The van der Waals surface area contributed by atoms with Gasteiger partial charge in [-0.05, 0) is 30.2 Å². The Bertz CT molecular complexity index is 304. The molecule has 3 N–H and O–H groups in total. The van der Waals surface area contributed by atoms with Gasteiger partial charge in [-0.3, -0.25) is 11.3 Å². The zero-order chi connectivity index (χ0) is 10.6. The smallest absolute Gasteiger partial charge is 0.123 e. The highest BCUT2D eigenvalue weighted by Crippen LogP contribution is 2.18. The first-order valence-corrected chi connectivity index (χ1v) is 4.40. The molecule has 0 radical (unpaired) electrons.